The van der Waals surface area contributed by atoms with Crippen LogP contribution in [0.1, 0.15) is 16.7 Å². The first kappa shape index (κ1) is 20.4. The quantitative estimate of drug-likeness (QED) is 0.554. The third-order valence-electron chi connectivity index (χ3n) is 4.64. The van der Waals surface area contributed by atoms with Gasteiger partial charge in [-0.2, -0.15) is 8.42 Å². The van der Waals surface area contributed by atoms with E-state index < -0.39 is 10.0 Å². The molecule has 0 radical (unpaired) electrons. The SMILES string of the molecule is COc1cc(C2=NS(=O)(=O)c3ccccc3N2)cc(Br)c1OCc1ccc(C)cc1. The van der Waals surface area contributed by atoms with Crippen LogP contribution in [-0.2, 0) is 16.6 Å². The molecule has 30 heavy (non-hydrogen) atoms. The van der Waals surface area contributed by atoms with Crippen molar-refractivity contribution in [3.05, 3.63) is 81.8 Å². The van der Waals surface area contributed by atoms with Gasteiger partial charge < -0.3 is 14.8 Å². The molecule has 3 aromatic rings. The van der Waals surface area contributed by atoms with E-state index in [4.69, 9.17) is 9.47 Å². The van der Waals surface area contributed by atoms with E-state index in [-0.39, 0.29) is 10.7 Å². The van der Waals surface area contributed by atoms with Crippen LogP contribution in [0.4, 0.5) is 5.69 Å². The van der Waals surface area contributed by atoms with Gasteiger partial charge in [-0.1, -0.05) is 42.0 Å². The topological polar surface area (TPSA) is 77.0 Å². The van der Waals surface area contributed by atoms with Crippen LogP contribution in [-0.4, -0.2) is 21.4 Å². The number of hydrogen-bond donors (Lipinski definition) is 1. The smallest absolute Gasteiger partial charge is 0.286 e. The van der Waals surface area contributed by atoms with Crippen LogP contribution in [0, 0.1) is 6.92 Å². The van der Waals surface area contributed by atoms with E-state index in [0.29, 0.717) is 33.8 Å². The molecule has 1 heterocycles. The first-order valence-corrected chi connectivity index (χ1v) is 11.4. The Hall–Kier alpha value is -2.84. The van der Waals surface area contributed by atoms with Gasteiger partial charge in [0.1, 0.15) is 11.5 Å². The fourth-order valence-corrected chi connectivity index (χ4v) is 4.77. The standard InChI is InChI=1S/C22H19BrN2O4S/c1-14-7-9-15(10-8-14)13-29-21-17(23)11-16(12-19(21)28-2)22-24-18-5-3-4-6-20(18)30(26,27)25-22/h3-12H,13H2,1-2H3,(H,24,25). The average molecular weight is 487 g/mol. The molecule has 3 aromatic carbocycles. The Balaban J connectivity index is 1.66. The van der Waals surface area contributed by atoms with Gasteiger partial charge in [0.25, 0.3) is 10.0 Å². The minimum atomic E-state index is -3.79. The number of halogens is 1. The van der Waals surface area contributed by atoms with E-state index in [0.717, 1.165) is 5.56 Å². The van der Waals surface area contributed by atoms with Crippen molar-refractivity contribution in [1.29, 1.82) is 0 Å². The summed E-state index contributed by atoms with van der Waals surface area (Å²) in [6.45, 7) is 2.40. The first-order chi connectivity index (χ1) is 14.4. The molecule has 6 nitrogen and oxygen atoms in total. The number of rotatable bonds is 5. The highest BCUT2D eigenvalue weighted by Crippen LogP contribution is 2.38. The predicted octanol–water partition coefficient (Wildman–Crippen LogP) is 4.91. The van der Waals surface area contributed by atoms with E-state index in [1.807, 2.05) is 31.2 Å². The number of ether oxygens (including phenoxy) is 2. The van der Waals surface area contributed by atoms with Crippen molar-refractivity contribution in [1.82, 2.24) is 0 Å². The Morgan fingerprint density at radius 2 is 1.80 bits per heavy atom. The van der Waals surface area contributed by atoms with Crippen molar-refractivity contribution in [2.75, 3.05) is 12.4 Å². The normalized spacial score (nSPS) is 14.3. The second kappa shape index (κ2) is 8.12. The summed E-state index contributed by atoms with van der Waals surface area (Å²) in [5.74, 6) is 1.21. The Morgan fingerprint density at radius 3 is 2.53 bits per heavy atom. The highest BCUT2D eigenvalue weighted by atomic mass is 79.9. The van der Waals surface area contributed by atoms with E-state index in [2.05, 4.69) is 25.6 Å². The van der Waals surface area contributed by atoms with Gasteiger partial charge in [-0.25, -0.2) is 0 Å². The molecule has 1 aliphatic rings. The van der Waals surface area contributed by atoms with E-state index >= 15 is 0 Å². The van der Waals surface area contributed by atoms with Crippen LogP contribution in [0.25, 0.3) is 0 Å². The number of benzene rings is 3. The summed E-state index contributed by atoms with van der Waals surface area (Å²) in [6.07, 6.45) is 0. The van der Waals surface area contributed by atoms with E-state index in [1.165, 1.54) is 18.7 Å². The number of methoxy groups -OCH3 is 1. The van der Waals surface area contributed by atoms with Crippen molar-refractivity contribution in [3.63, 3.8) is 0 Å². The van der Waals surface area contributed by atoms with Crippen molar-refractivity contribution in [3.8, 4) is 11.5 Å². The van der Waals surface area contributed by atoms with Crippen molar-refractivity contribution in [2.45, 2.75) is 18.4 Å². The molecule has 4 rings (SSSR count). The lowest BCUT2D eigenvalue weighted by Crippen LogP contribution is -2.22. The number of amidine groups is 1. The second-order valence-electron chi connectivity index (χ2n) is 6.80. The monoisotopic (exact) mass is 486 g/mol. The maximum Gasteiger partial charge on any atom is 0.286 e. The maximum absolute atomic E-state index is 12.6. The lowest BCUT2D eigenvalue weighted by Gasteiger charge is -2.20. The van der Waals surface area contributed by atoms with Gasteiger partial charge >= 0.3 is 0 Å². The van der Waals surface area contributed by atoms with Gasteiger partial charge in [-0.15, -0.1) is 4.40 Å². The summed E-state index contributed by atoms with van der Waals surface area (Å²) in [7, 11) is -2.26. The Kier molecular flexibility index (Phi) is 5.53. The molecule has 0 saturated carbocycles. The van der Waals surface area contributed by atoms with Gasteiger partial charge in [0.2, 0.25) is 0 Å². The lowest BCUT2D eigenvalue weighted by atomic mass is 10.1. The minimum Gasteiger partial charge on any atom is -0.493 e. The number of aryl methyl sites for hydroxylation is 1. The molecule has 1 N–H and O–H groups in total. The van der Waals surface area contributed by atoms with Crippen LogP contribution < -0.4 is 14.8 Å². The van der Waals surface area contributed by atoms with Crippen LogP contribution in [0.5, 0.6) is 11.5 Å². The second-order valence-corrected chi connectivity index (χ2v) is 9.23. The van der Waals surface area contributed by atoms with E-state index in [9.17, 15) is 8.42 Å². The fraction of sp³-hybridized carbons (Fsp3) is 0.136. The molecular formula is C22H19BrN2O4S. The highest BCUT2D eigenvalue weighted by Gasteiger charge is 2.26. The molecule has 154 valence electrons. The fourth-order valence-electron chi connectivity index (χ4n) is 3.08. The van der Waals surface area contributed by atoms with Gasteiger partial charge in [-0.3, -0.25) is 0 Å². The van der Waals surface area contributed by atoms with Crippen molar-refractivity contribution >= 4 is 37.5 Å². The predicted molar refractivity (Wildman–Crippen MR) is 120 cm³/mol. The Bertz CT molecular complexity index is 1240. The number of nitrogens with zero attached hydrogens (tertiary/aromatic N) is 1. The zero-order chi connectivity index (χ0) is 21.3. The summed E-state index contributed by atoms with van der Waals surface area (Å²) in [6, 6.07) is 18.2. The van der Waals surface area contributed by atoms with Gasteiger partial charge in [-0.05, 0) is 52.7 Å². The van der Waals surface area contributed by atoms with Gasteiger partial charge in [0.15, 0.2) is 17.3 Å². The largest absolute Gasteiger partial charge is 0.493 e. The first-order valence-electron chi connectivity index (χ1n) is 9.14. The molecule has 0 saturated heterocycles. The summed E-state index contributed by atoms with van der Waals surface area (Å²) >= 11 is 3.51. The van der Waals surface area contributed by atoms with Gasteiger partial charge in [0, 0.05) is 5.56 Å². The number of anilines is 1. The van der Waals surface area contributed by atoms with Crippen molar-refractivity contribution in [2.24, 2.45) is 4.40 Å². The summed E-state index contributed by atoms with van der Waals surface area (Å²) < 4.78 is 41.1. The molecule has 0 spiro atoms. The Labute approximate surface area is 183 Å². The number of para-hydroxylation sites is 1. The molecule has 0 unspecified atom stereocenters. The minimum absolute atomic E-state index is 0.151. The lowest BCUT2D eigenvalue weighted by molar-refractivity contribution is 0.282. The Morgan fingerprint density at radius 1 is 1.07 bits per heavy atom. The maximum atomic E-state index is 12.6. The molecular weight excluding hydrogens is 468 g/mol. The van der Waals surface area contributed by atoms with Crippen LogP contribution in [0.15, 0.2) is 74.4 Å². The molecule has 0 bridgehead atoms. The zero-order valence-electron chi connectivity index (χ0n) is 16.3. The average Bonchev–Trinajstić information content (AvgIpc) is 2.73. The summed E-state index contributed by atoms with van der Waals surface area (Å²) in [5.41, 5.74) is 3.25. The molecule has 0 aliphatic carbocycles. The summed E-state index contributed by atoms with van der Waals surface area (Å²) in [5, 5.41) is 3.08. The van der Waals surface area contributed by atoms with Crippen molar-refractivity contribution < 1.29 is 17.9 Å². The molecule has 0 aromatic heterocycles. The summed E-state index contributed by atoms with van der Waals surface area (Å²) in [4.78, 5) is 0.151. The third kappa shape index (κ3) is 4.06. The zero-order valence-corrected chi connectivity index (χ0v) is 18.7. The third-order valence-corrected chi connectivity index (χ3v) is 6.56. The van der Waals surface area contributed by atoms with Crippen LogP contribution in [0.3, 0.4) is 0 Å². The van der Waals surface area contributed by atoms with E-state index in [1.54, 1.807) is 30.3 Å². The highest BCUT2D eigenvalue weighted by molar-refractivity contribution is 9.10. The number of fused-ring (bicyclic) bond motifs is 1. The molecule has 0 atom stereocenters. The number of sulfonamides is 1. The number of hydrogen-bond acceptors (Lipinski definition) is 5. The van der Waals surface area contributed by atoms with Crippen LogP contribution >= 0.6 is 15.9 Å². The van der Waals surface area contributed by atoms with Gasteiger partial charge in [0.05, 0.1) is 17.3 Å². The molecule has 0 amide bonds. The van der Waals surface area contributed by atoms with Crippen LogP contribution in [0.2, 0.25) is 0 Å². The number of nitrogens with one attached hydrogen (secondary N) is 1. The molecule has 1 aliphatic heterocycles. The molecule has 8 heteroatoms. The molecule has 0 fully saturated rings.